The van der Waals surface area contributed by atoms with E-state index in [1.165, 1.54) is 4.90 Å². The molecule has 2 fully saturated rings. The minimum absolute atomic E-state index is 0.0484. The number of benzene rings is 1. The van der Waals surface area contributed by atoms with Crippen LogP contribution in [-0.2, 0) is 9.59 Å². The Morgan fingerprint density at radius 2 is 1.40 bits per heavy atom. The largest absolute Gasteiger partial charge is 0.274 e. The first kappa shape index (κ1) is 14.3. The molecule has 2 aliphatic rings. The molecule has 4 atom stereocenters. The SMILES string of the molecule is Cc1ccc(N2C(=O)[C@H]3C[C@@H](Br)[C@H](Br)C[C@@H]3C2=O)cc1. The molecule has 1 saturated heterocycles. The van der Waals surface area contributed by atoms with Gasteiger partial charge in [0.15, 0.2) is 0 Å². The zero-order valence-corrected chi connectivity index (χ0v) is 14.2. The highest BCUT2D eigenvalue weighted by molar-refractivity contribution is 9.12. The van der Waals surface area contributed by atoms with Crippen LogP contribution in [0.2, 0.25) is 0 Å². The van der Waals surface area contributed by atoms with Gasteiger partial charge in [-0.25, -0.2) is 0 Å². The summed E-state index contributed by atoms with van der Waals surface area (Å²) in [4.78, 5) is 27.0. The zero-order valence-electron chi connectivity index (χ0n) is 11.1. The predicted molar refractivity (Wildman–Crippen MR) is 85.3 cm³/mol. The summed E-state index contributed by atoms with van der Waals surface area (Å²) in [6, 6.07) is 7.55. The van der Waals surface area contributed by atoms with Crippen LogP contribution in [0.5, 0.6) is 0 Å². The van der Waals surface area contributed by atoms with Crippen molar-refractivity contribution < 1.29 is 9.59 Å². The van der Waals surface area contributed by atoms with Crippen LogP contribution in [0.1, 0.15) is 18.4 Å². The molecule has 3 rings (SSSR count). The van der Waals surface area contributed by atoms with E-state index in [1.807, 2.05) is 31.2 Å². The van der Waals surface area contributed by atoms with E-state index in [9.17, 15) is 9.59 Å². The van der Waals surface area contributed by atoms with Gasteiger partial charge in [0.1, 0.15) is 0 Å². The van der Waals surface area contributed by atoms with Gasteiger partial charge in [0, 0.05) is 9.65 Å². The molecule has 1 aromatic rings. The molecule has 2 amide bonds. The van der Waals surface area contributed by atoms with Gasteiger partial charge in [-0.2, -0.15) is 0 Å². The van der Waals surface area contributed by atoms with Gasteiger partial charge in [-0.3, -0.25) is 14.5 Å². The maximum Gasteiger partial charge on any atom is 0.237 e. The third-order valence-corrected chi connectivity index (χ3v) is 6.94. The van der Waals surface area contributed by atoms with E-state index in [0.717, 1.165) is 5.56 Å². The molecule has 1 heterocycles. The van der Waals surface area contributed by atoms with Gasteiger partial charge < -0.3 is 0 Å². The fraction of sp³-hybridized carbons (Fsp3) is 0.467. The van der Waals surface area contributed by atoms with E-state index in [-0.39, 0.29) is 33.3 Å². The number of imide groups is 1. The molecule has 0 unspecified atom stereocenters. The predicted octanol–water partition coefficient (Wildman–Crippen LogP) is 3.42. The van der Waals surface area contributed by atoms with E-state index >= 15 is 0 Å². The van der Waals surface area contributed by atoms with Crippen LogP contribution in [0, 0.1) is 18.8 Å². The smallest absolute Gasteiger partial charge is 0.237 e. The van der Waals surface area contributed by atoms with Crippen LogP contribution in [0.15, 0.2) is 24.3 Å². The van der Waals surface area contributed by atoms with E-state index in [1.54, 1.807) is 0 Å². The number of alkyl halides is 2. The Kier molecular flexibility index (Phi) is 3.75. The van der Waals surface area contributed by atoms with E-state index in [4.69, 9.17) is 0 Å². The van der Waals surface area contributed by atoms with E-state index in [0.29, 0.717) is 18.5 Å². The van der Waals surface area contributed by atoms with E-state index in [2.05, 4.69) is 31.9 Å². The highest BCUT2D eigenvalue weighted by Crippen LogP contribution is 2.44. The van der Waals surface area contributed by atoms with Gasteiger partial charge in [-0.15, -0.1) is 0 Å². The lowest BCUT2D eigenvalue weighted by atomic mass is 9.81. The second kappa shape index (κ2) is 5.26. The lowest BCUT2D eigenvalue weighted by Crippen LogP contribution is -2.34. The number of carbonyl (C=O) groups excluding carboxylic acids is 2. The van der Waals surface area contributed by atoms with Crippen molar-refractivity contribution in [2.45, 2.75) is 29.4 Å². The molecule has 1 aromatic carbocycles. The first-order chi connectivity index (χ1) is 9.49. The van der Waals surface area contributed by atoms with Crippen LogP contribution >= 0.6 is 31.9 Å². The van der Waals surface area contributed by atoms with Gasteiger partial charge in [-0.1, -0.05) is 49.6 Å². The summed E-state index contributed by atoms with van der Waals surface area (Å²) >= 11 is 7.19. The van der Waals surface area contributed by atoms with Gasteiger partial charge in [-0.05, 0) is 31.9 Å². The Hall–Kier alpha value is -0.680. The van der Waals surface area contributed by atoms with Crippen molar-refractivity contribution >= 4 is 49.4 Å². The van der Waals surface area contributed by atoms with Crippen LogP contribution in [0.3, 0.4) is 0 Å². The fourth-order valence-corrected chi connectivity index (χ4v) is 4.28. The first-order valence-corrected chi connectivity index (χ1v) is 8.55. The first-order valence-electron chi connectivity index (χ1n) is 6.71. The summed E-state index contributed by atoms with van der Waals surface area (Å²) in [7, 11) is 0. The zero-order chi connectivity index (χ0) is 14.4. The number of nitrogens with zero attached hydrogens (tertiary/aromatic N) is 1. The van der Waals surface area contributed by atoms with Crippen molar-refractivity contribution in [3.8, 4) is 0 Å². The highest BCUT2D eigenvalue weighted by Gasteiger charge is 2.52. The van der Waals surface area contributed by atoms with Crippen molar-refractivity contribution in [1.82, 2.24) is 0 Å². The Bertz CT molecular complexity index is 529. The van der Waals surface area contributed by atoms with Gasteiger partial charge in [0.05, 0.1) is 17.5 Å². The molecule has 0 bridgehead atoms. The molecule has 0 radical (unpaired) electrons. The fourth-order valence-electron chi connectivity index (χ4n) is 3.04. The van der Waals surface area contributed by atoms with Crippen molar-refractivity contribution in [3.63, 3.8) is 0 Å². The topological polar surface area (TPSA) is 37.4 Å². The minimum Gasteiger partial charge on any atom is -0.274 e. The number of amides is 2. The third-order valence-electron chi connectivity index (χ3n) is 4.20. The number of rotatable bonds is 1. The van der Waals surface area contributed by atoms with Crippen LogP contribution in [-0.4, -0.2) is 21.5 Å². The monoisotopic (exact) mass is 399 g/mol. The van der Waals surface area contributed by atoms with Crippen LogP contribution in [0.4, 0.5) is 5.69 Å². The summed E-state index contributed by atoms with van der Waals surface area (Å²) in [5.41, 5.74) is 1.81. The van der Waals surface area contributed by atoms with Crippen molar-refractivity contribution in [2.75, 3.05) is 4.90 Å². The summed E-state index contributed by atoms with van der Waals surface area (Å²) in [6.45, 7) is 1.99. The van der Waals surface area contributed by atoms with E-state index < -0.39 is 0 Å². The molecule has 106 valence electrons. The number of hydrogen-bond acceptors (Lipinski definition) is 2. The maximum absolute atomic E-state index is 12.6. The number of aryl methyl sites for hydroxylation is 1. The van der Waals surface area contributed by atoms with Gasteiger partial charge >= 0.3 is 0 Å². The average Bonchev–Trinajstić information content (AvgIpc) is 2.65. The van der Waals surface area contributed by atoms with Crippen LogP contribution in [0.25, 0.3) is 0 Å². The Morgan fingerprint density at radius 1 is 0.950 bits per heavy atom. The lowest BCUT2D eigenvalue weighted by Gasteiger charge is -2.29. The molecule has 0 spiro atoms. The summed E-state index contributed by atoms with van der Waals surface area (Å²) in [6.07, 6.45) is 1.43. The van der Waals surface area contributed by atoms with Crippen molar-refractivity contribution in [1.29, 1.82) is 0 Å². The Labute approximate surface area is 135 Å². The summed E-state index contributed by atoms with van der Waals surface area (Å²) < 4.78 is 0. The second-order valence-electron chi connectivity index (χ2n) is 5.56. The van der Waals surface area contributed by atoms with Crippen molar-refractivity contribution in [2.24, 2.45) is 11.8 Å². The molecule has 1 aliphatic carbocycles. The molecule has 3 nitrogen and oxygen atoms in total. The normalized spacial score (nSPS) is 33.5. The molecule has 1 saturated carbocycles. The second-order valence-corrected chi connectivity index (χ2v) is 7.92. The van der Waals surface area contributed by atoms with Crippen LogP contribution < -0.4 is 4.90 Å². The molecule has 1 aliphatic heterocycles. The van der Waals surface area contributed by atoms with Crippen molar-refractivity contribution in [3.05, 3.63) is 29.8 Å². The quantitative estimate of drug-likeness (QED) is 0.535. The number of fused-ring (bicyclic) bond motifs is 1. The number of anilines is 1. The third kappa shape index (κ3) is 2.25. The molecule has 5 heteroatoms. The minimum atomic E-state index is -0.179. The molecular formula is C15H15Br2NO2. The Morgan fingerprint density at radius 3 is 1.85 bits per heavy atom. The average molecular weight is 401 g/mol. The highest BCUT2D eigenvalue weighted by atomic mass is 79.9. The molecule has 0 N–H and O–H groups in total. The Balaban J connectivity index is 1.93. The molecule has 0 aromatic heterocycles. The number of halogens is 2. The standard InChI is InChI=1S/C15H15Br2NO2/c1-8-2-4-9(5-3-8)18-14(19)10-6-12(16)13(17)7-11(10)15(18)20/h2-5,10-13H,6-7H2,1H3/t10-,11-,12+,13+/m0/s1. The summed E-state index contributed by atoms with van der Waals surface area (Å²) in [5.74, 6) is -0.454. The summed E-state index contributed by atoms with van der Waals surface area (Å²) in [5, 5.41) is 0. The number of hydrogen-bond donors (Lipinski definition) is 0. The molecular weight excluding hydrogens is 386 g/mol. The van der Waals surface area contributed by atoms with Gasteiger partial charge in [0.25, 0.3) is 0 Å². The molecule has 20 heavy (non-hydrogen) atoms. The number of carbonyl (C=O) groups is 2. The lowest BCUT2D eigenvalue weighted by molar-refractivity contribution is -0.122. The maximum atomic E-state index is 12.6. The van der Waals surface area contributed by atoms with Gasteiger partial charge in [0.2, 0.25) is 11.8 Å².